The van der Waals surface area contributed by atoms with Crippen molar-refractivity contribution in [2.24, 2.45) is 5.92 Å². The lowest BCUT2D eigenvalue weighted by atomic mass is 10.1. The quantitative estimate of drug-likeness (QED) is 0.637. The molecule has 5 rings (SSSR count). The Hall–Kier alpha value is -3.19. The van der Waals surface area contributed by atoms with Crippen LogP contribution >= 0.6 is 0 Å². The van der Waals surface area contributed by atoms with Crippen LogP contribution in [0.2, 0.25) is 0 Å². The van der Waals surface area contributed by atoms with Crippen LogP contribution in [-0.2, 0) is 16.1 Å². The number of carbonyl (C=O) groups is 2. The molecule has 1 unspecified atom stereocenters. The second-order valence-electron chi connectivity index (χ2n) is 8.98. The first-order valence-corrected chi connectivity index (χ1v) is 11.3. The first kappa shape index (κ1) is 20.7. The molecule has 3 aromatic rings. The van der Waals surface area contributed by atoms with Gasteiger partial charge in [0.25, 0.3) is 0 Å². The monoisotopic (exact) mass is 431 g/mol. The number of fused-ring (bicyclic) bond motifs is 1. The number of nitrogens with zero attached hydrogens (tertiary/aromatic N) is 5. The molecule has 2 fully saturated rings. The maximum absolute atomic E-state index is 13.1. The summed E-state index contributed by atoms with van der Waals surface area (Å²) in [6.07, 6.45) is 2.26. The summed E-state index contributed by atoms with van der Waals surface area (Å²) in [7, 11) is 0. The predicted octanol–water partition coefficient (Wildman–Crippen LogP) is 2.65. The van der Waals surface area contributed by atoms with Crippen LogP contribution in [-0.4, -0.2) is 64.0 Å². The number of piperazine rings is 1. The van der Waals surface area contributed by atoms with Gasteiger partial charge in [-0.05, 0) is 55.3 Å². The number of benzene rings is 1. The van der Waals surface area contributed by atoms with Crippen molar-refractivity contribution in [3.63, 3.8) is 0 Å². The minimum absolute atomic E-state index is 0.0390. The van der Waals surface area contributed by atoms with E-state index in [1.54, 1.807) is 4.90 Å². The van der Waals surface area contributed by atoms with Crippen molar-refractivity contribution in [3.05, 3.63) is 65.5 Å². The number of carbonyl (C=O) groups excluding carboxylic acids is 2. The van der Waals surface area contributed by atoms with Gasteiger partial charge in [0.2, 0.25) is 11.8 Å². The van der Waals surface area contributed by atoms with Crippen molar-refractivity contribution in [1.82, 2.24) is 19.4 Å². The second-order valence-corrected chi connectivity index (χ2v) is 8.98. The molecule has 166 valence electrons. The third kappa shape index (κ3) is 4.00. The van der Waals surface area contributed by atoms with Crippen molar-refractivity contribution in [2.45, 2.75) is 26.8 Å². The molecule has 2 aliphatic rings. The zero-order chi connectivity index (χ0) is 22.2. The van der Waals surface area contributed by atoms with E-state index in [-0.39, 0.29) is 17.7 Å². The average molecular weight is 432 g/mol. The number of amides is 2. The largest absolute Gasteiger partial charge is 0.340 e. The zero-order valence-electron chi connectivity index (χ0n) is 18.7. The summed E-state index contributed by atoms with van der Waals surface area (Å²) < 4.78 is 1.90. The fourth-order valence-corrected chi connectivity index (χ4v) is 4.70. The van der Waals surface area contributed by atoms with E-state index in [4.69, 9.17) is 0 Å². The summed E-state index contributed by atoms with van der Waals surface area (Å²) in [4.78, 5) is 31.8. The summed E-state index contributed by atoms with van der Waals surface area (Å²) in [5, 5.41) is 4.63. The number of aryl methyl sites for hydroxylation is 2. The number of hydrogen-bond donors (Lipinski definition) is 0. The molecule has 2 aromatic heterocycles. The SMILES string of the molecule is Cc1ccc(N2CC(C(=O)N3CCN(Cc4cc5ccccn5n4)CC3)CC2=O)cc1C. The Morgan fingerprint density at radius 2 is 1.84 bits per heavy atom. The van der Waals surface area contributed by atoms with E-state index < -0.39 is 0 Å². The lowest BCUT2D eigenvalue weighted by Gasteiger charge is -2.35. The smallest absolute Gasteiger partial charge is 0.228 e. The van der Waals surface area contributed by atoms with Gasteiger partial charge in [0.15, 0.2) is 0 Å². The molecule has 0 N–H and O–H groups in total. The molecule has 7 nitrogen and oxygen atoms in total. The number of rotatable bonds is 4. The highest BCUT2D eigenvalue weighted by molar-refractivity contribution is 6.00. The fraction of sp³-hybridized carbons (Fsp3) is 0.400. The van der Waals surface area contributed by atoms with Gasteiger partial charge >= 0.3 is 0 Å². The molecule has 0 aliphatic carbocycles. The maximum atomic E-state index is 13.1. The molecular weight excluding hydrogens is 402 g/mol. The Labute approximate surface area is 188 Å². The van der Waals surface area contributed by atoms with Crippen molar-refractivity contribution < 1.29 is 9.59 Å². The summed E-state index contributed by atoms with van der Waals surface area (Å²) in [5.74, 6) is -0.108. The minimum Gasteiger partial charge on any atom is -0.340 e. The van der Waals surface area contributed by atoms with E-state index in [2.05, 4.69) is 29.1 Å². The molecule has 7 heteroatoms. The van der Waals surface area contributed by atoms with Crippen LogP contribution in [0.15, 0.2) is 48.7 Å². The van der Waals surface area contributed by atoms with Gasteiger partial charge in [0, 0.05) is 57.6 Å². The molecule has 2 saturated heterocycles. The number of anilines is 1. The molecule has 2 amide bonds. The average Bonchev–Trinajstić information content (AvgIpc) is 3.38. The van der Waals surface area contributed by atoms with Gasteiger partial charge in [0.05, 0.1) is 17.1 Å². The first-order chi connectivity index (χ1) is 15.5. The molecule has 4 heterocycles. The highest BCUT2D eigenvalue weighted by Gasteiger charge is 2.38. The Morgan fingerprint density at radius 3 is 2.59 bits per heavy atom. The molecule has 0 bridgehead atoms. The normalized spacial score (nSPS) is 19.8. The summed E-state index contributed by atoms with van der Waals surface area (Å²) in [6, 6.07) is 14.2. The Balaban J connectivity index is 1.17. The van der Waals surface area contributed by atoms with Crippen LogP contribution in [0, 0.1) is 19.8 Å². The van der Waals surface area contributed by atoms with Crippen LogP contribution < -0.4 is 4.90 Å². The van der Waals surface area contributed by atoms with Gasteiger partial charge in [-0.15, -0.1) is 0 Å². The topological polar surface area (TPSA) is 61.2 Å². The van der Waals surface area contributed by atoms with Crippen molar-refractivity contribution in [3.8, 4) is 0 Å². The highest BCUT2D eigenvalue weighted by atomic mass is 16.2. The highest BCUT2D eigenvalue weighted by Crippen LogP contribution is 2.28. The number of hydrogen-bond acceptors (Lipinski definition) is 4. The molecule has 1 atom stereocenters. The number of aromatic nitrogens is 2. The van der Waals surface area contributed by atoms with Gasteiger partial charge in [0.1, 0.15) is 0 Å². The lowest BCUT2D eigenvalue weighted by molar-refractivity contribution is -0.137. The maximum Gasteiger partial charge on any atom is 0.228 e. The summed E-state index contributed by atoms with van der Waals surface area (Å²) in [6.45, 7) is 8.40. The van der Waals surface area contributed by atoms with E-state index in [9.17, 15) is 9.59 Å². The van der Waals surface area contributed by atoms with Crippen molar-refractivity contribution in [2.75, 3.05) is 37.6 Å². The third-order valence-electron chi connectivity index (χ3n) is 6.77. The van der Waals surface area contributed by atoms with E-state index >= 15 is 0 Å². The zero-order valence-corrected chi connectivity index (χ0v) is 18.7. The van der Waals surface area contributed by atoms with Crippen LogP contribution in [0.5, 0.6) is 0 Å². The fourth-order valence-electron chi connectivity index (χ4n) is 4.70. The van der Waals surface area contributed by atoms with Gasteiger partial charge in [-0.2, -0.15) is 5.10 Å². The van der Waals surface area contributed by atoms with Crippen LogP contribution in [0.1, 0.15) is 23.2 Å². The molecule has 0 radical (unpaired) electrons. The summed E-state index contributed by atoms with van der Waals surface area (Å²) >= 11 is 0. The van der Waals surface area contributed by atoms with Crippen LogP contribution in [0.25, 0.3) is 5.52 Å². The van der Waals surface area contributed by atoms with E-state index in [1.165, 1.54) is 5.56 Å². The van der Waals surface area contributed by atoms with E-state index in [0.717, 1.165) is 42.1 Å². The van der Waals surface area contributed by atoms with Crippen LogP contribution in [0.4, 0.5) is 5.69 Å². The first-order valence-electron chi connectivity index (χ1n) is 11.3. The Kier molecular flexibility index (Phi) is 5.43. The van der Waals surface area contributed by atoms with Crippen molar-refractivity contribution in [1.29, 1.82) is 0 Å². The molecular formula is C25H29N5O2. The van der Waals surface area contributed by atoms with Gasteiger partial charge in [-0.3, -0.25) is 14.5 Å². The Bertz CT molecular complexity index is 1130. The van der Waals surface area contributed by atoms with Crippen LogP contribution in [0.3, 0.4) is 0 Å². The van der Waals surface area contributed by atoms with Crippen molar-refractivity contribution >= 4 is 23.0 Å². The van der Waals surface area contributed by atoms with E-state index in [1.807, 2.05) is 52.9 Å². The Morgan fingerprint density at radius 1 is 1.03 bits per heavy atom. The molecule has 2 aliphatic heterocycles. The van der Waals surface area contributed by atoms with Gasteiger partial charge in [-0.1, -0.05) is 12.1 Å². The van der Waals surface area contributed by atoms with Gasteiger partial charge in [-0.25, -0.2) is 4.52 Å². The van der Waals surface area contributed by atoms with Gasteiger partial charge < -0.3 is 9.80 Å². The summed E-state index contributed by atoms with van der Waals surface area (Å²) in [5.41, 5.74) is 5.39. The standard InChI is InChI=1S/C25H29N5O2/c1-18-6-7-22(13-19(18)2)29-16-20(14-24(29)31)25(32)28-11-9-27(10-12-28)17-21-15-23-5-3-4-8-30(23)26-21/h3-8,13,15,20H,9-12,14,16-17H2,1-2H3. The lowest BCUT2D eigenvalue weighted by Crippen LogP contribution is -2.50. The predicted molar refractivity (Wildman–Crippen MR) is 123 cm³/mol. The molecule has 32 heavy (non-hydrogen) atoms. The molecule has 0 spiro atoms. The second kappa shape index (κ2) is 8.39. The molecule has 0 saturated carbocycles. The van der Waals surface area contributed by atoms with E-state index in [0.29, 0.717) is 26.1 Å². The molecule has 1 aromatic carbocycles. The number of pyridine rings is 1. The minimum atomic E-state index is -0.255. The third-order valence-corrected chi connectivity index (χ3v) is 6.77.